The van der Waals surface area contributed by atoms with Crippen LogP contribution in [0.4, 0.5) is 0 Å². The van der Waals surface area contributed by atoms with Gasteiger partial charge in [0, 0.05) is 22.3 Å². The Kier molecular flexibility index (Phi) is 5.37. The molecule has 0 heteroatoms. The molecule has 0 aromatic heterocycles. The van der Waals surface area contributed by atoms with Gasteiger partial charge in [-0.3, -0.25) is 0 Å². The molecular formula is C38H22. The third-order valence-electron chi connectivity index (χ3n) is 7.00. The van der Waals surface area contributed by atoms with E-state index in [2.05, 4.69) is 157 Å². The summed E-state index contributed by atoms with van der Waals surface area (Å²) in [6.45, 7) is 0. The molecule has 0 saturated heterocycles. The van der Waals surface area contributed by atoms with Crippen LogP contribution >= 0.6 is 0 Å². The summed E-state index contributed by atoms with van der Waals surface area (Å²) in [7, 11) is 0. The van der Waals surface area contributed by atoms with Crippen molar-refractivity contribution in [1.82, 2.24) is 0 Å². The van der Waals surface area contributed by atoms with Gasteiger partial charge in [-0.15, -0.1) is 0 Å². The lowest BCUT2D eigenvalue weighted by Gasteiger charge is -2.04. The van der Waals surface area contributed by atoms with Crippen LogP contribution in [0.5, 0.6) is 0 Å². The summed E-state index contributed by atoms with van der Waals surface area (Å²) in [5.41, 5.74) is 4.09. The molecule has 38 heavy (non-hydrogen) atoms. The fraction of sp³-hybridized carbons (Fsp3) is 0. The minimum absolute atomic E-state index is 1.02. The number of rotatable bonds is 0. The van der Waals surface area contributed by atoms with Crippen LogP contribution in [0.3, 0.4) is 0 Å². The predicted molar refractivity (Wildman–Crippen MR) is 161 cm³/mol. The van der Waals surface area contributed by atoms with Crippen LogP contribution in [-0.4, -0.2) is 0 Å². The van der Waals surface area contributed by atoms with E-state index in [1.54, 1.807) is 0 Å². The van der Waals surface area contributed by atoms with Crippen molar-refractivity contribution in [2.75, 3.05) is 0 Å². The molecule has 0 heterocycles. The second kappa shape index (κ2) is 9.29. The first kappa shape index (κ1) is 21.9. The number of hydrogen-bond donors (Lipinski definition) is 0. The summed E-state index contributed by atoms with van der Waals surface area (Å²) in [5, 5.41) is 9.69. The van der Waals surface area contributed by atoms with E-state index in [1.165, 1.54) is 43.1 Å². The van der Waals surface area contributed by atoms with Crippen molar-refractivity contribution in [3.63, 3.8) is 0 Å². The standard InChI is InChI=1S/C38H22/c1-3-7-33-21-27(13-17-31(33)5-1)9-11-29-15-19-35-26-38-24-30(16-20-36(38)25-37(35)23-29)12-10-28-14-18-32-6-2-4-8-34(32)22-28/h1-8,13-26H. The first-order chi connectivity index (χ1) is 18.8. The van der Waals surface area contributed by atoms with Gasteiger partial charge in [0.25, 0.3) is 0 Å². The van der Waals surface area contributed by atoms with E-state index in [1.807, 2.05) is 0 Å². The maximum absolute atomic E-state index is 3.35. The lowest BCUT2D eigenvalue weighted by Crippen LogP contribution is -1.82. The minimum atomic E-state index is 1.02. The first-order valence-corrected chi connectivity index (χ1v) is 12.8. The molecule has 0 aliphatic heterocycles. The van der Waals surface area contributed by atoms with Gasteiger partial charge in [0.05, 0.1) is 0 Å². The Bertz CT molecular complexity index is 1980. The van der Waals surface area contributed by atoms with Crippen LogP contribution in [0.15, 0.2) is 133 Å². The van der Waals surface area contributed by atoms with Gasteiger partial charge in [-0.05, 0) is 104 Å². The molecule has 0 amide bonds. The van der Waals surface area contributed by atoms with Gasteiger partial charge in [-0.25, -0.2) is 0 Å². The summed E-state index contributed by atoms with van der Waals surface area (Å²) in [6.07, 6.45) is 0. The predicted octanol–water partition coefficient (Wildman–Crippen LogP) is 9.10. The second-order valence-electron chi connectivity index (χ2n) is 9.60. The molecule has 0 N–H and O–H groups in total. The van der Waals surface area contributed by atoms with E-state index in [4.69, 9.17) is 0 Å². The van der Waals surface area contributed by atoms with Gasteiger partial charge < -0.3 is 0 Å². The van der Waals surface area contributed by atoms with E-state index in [0.29, 0.717) is 0 Å². The van der Waals surface area contributed by atoms with Crippen LogP contribution in [0.2, 0.25) is 0 Å². The van der Waals surface area contributed by atoms with Gasteiger partial charge in [0.2, 0.25) is 0 Å². The second-order valence-corrected chi connectivity index (χ2v) is 9.60. The molecule has 7 rings (SSSR count). The molecule has 7 aromatic carbocycles. The lowest BCUT2D eigenvalue weighted by atomic mass is 10.00. The lowest BCUT2D eigenvalue weighted by molar-refractivity contribution is 1.67. The molecule has 0 atom stereocenters. The molecule has 0 radical (unpaired) electrons. The molecule has 7 aromatic rings. The number of benzene rings is 7. The average molecular weight is 479 g/mol. The molecule has 0 aliphatic rings. The highest BCUT2D eigenvalue weighted by atomic mass is 14.0. The van der Waals surface area contributed by atoms with Gasteiger partial charge in [-0.2, -0.15) is 0 Å². The molecule has 0 unspecified atom stereocenters. The van der Waals surface area contributed by atoms with E-state index >= 15 is 0 Å². The molecule has 0 aliphatic carbocycles. The quantitative estimate of drug-likeness (QED) is 0.151. The number of hydrogen-bond acceptors (Lipinski definition) is 0. The molecular weight excluding hydrogens is 456 g/mol. The van der Waals surface area contributed by atoms with Crippen molar-refractivity contribution in [2.45, 2.75) is 0 Å². The van der Waals surface area contributed by atoms with Gasteiger partial charge in [0.15, 0.2) is 0 Å². The first-order valence-electron chi connectivity index (χ1n) is 12.8. The van der Waals surface area contributed by atoms with Crippen LogP contribution < -0.4 is 0 Å². The smallest absolute Gasteiger partial charge is 0.0255 e. The molecule has 0 bridgehead atoms. The van der Waals surface area contributed by atoms with Crippen LogP contribution in [0, 0.1) is 23.7 Å². The molecule has 0 nitrogen and oxygen atoms in total. The highest BCUT2D eigenvalue weighted by molar-refractivity contribution is 5.99. The Morgan fingerprint density at radius 1 is 0.237 bits per heavy atom. The van der Waals surface area contributed by atoms with Crippen molar-refractivity contribution < 1.29 is 0 Å². The zero-order valence-corrected chi connectivity index (χ0v) is 20.7. The highest BCUT2D eigenvalue weighted by Gasteiger charge is 2.01. The zero-order chi connectivity index (χ0) is 25.3. The topological polar surface area (TPSA) is 0 Å². The van der Waals surface area contributed by atoms with Crippen LogP contribution in [0.1, 0.15) is 22.3 Å². The van der Waals surface area contributed by atoms with Gasteiger partial charge in [-0.1, -0.05) is 96.5 Å². The SMILES string of the molecule is C(#Cc1ccc2cc3cc(C#Cc4ccc5ccccc5c4)ccc3cc2c1)c1ccc2ccccc2c1. The average Bonchev–Trinajstić information content (AvgIpc) is 2.97. The molecule has 174 valence electrons. The van der Waals surface area contributed by atoms with E-state index in [9.17, 15) is 0 Å². The van der Waals surface area contributed by atoms with Crippen LogP contribution in [0.25, 0.3) is 43.1 Å². The van der Waals surface area contributed by atoms with Crippen molar-refractivity contribution in [3.05, 3.63) is 156 Å². The largest absolute Gasteiger partial charge is 0.0616 e. The van der Waals surface area contributed by atoms with Crippen molar-refractivity contribution in [1.29, 1.82) is 0 Å². The summed E-state index contributed by atoms with van der Waals surface area (Å²) >= 11 is 0. The number of fused-ring (bicyclic) bond motifs is 4. The summed E-state index contributed by atoms with van der Waals surface area (Å²) in [5.74, 6) is 13.4. The zero-order valence-electron chi connectivity index (χ0n) is 20.7. The van der Waals surface area contributed by atoms with Crippen molar-refractivity contribution in [2.24, 2.45) is 0 Å². The maximum Gasteiger partial charge on any atom is 0.0255 e. The summed E-state index contributed by atoms with van der Waals surface area (Å²) < 4.78 is 0. The van der Waals surface area contributed by atoms with Crippen molar-refractivity contribution in [3.8, 4) is 23.7 Å². The van der Waals surface area contributed by atoms with E-state index in [0.717, 1.165) is 22.3 Å². The van der Waals surface area contributed by atoms with E-state index < -0.39 is 0 Å². The molecule has 0 spiro atoms. The summed E-state index contributed by atoms with van der Waals surface area (Å²) in [4.78, 5) is 0. The Labute approximate surface area is 222 Å². The Balaban J connectivity index is 1.18. The van der Waals surface area contributed by atoms with Crippen molar-refractivity contribution >= 4 is 43.1 Å². The van der Waals surface area contributed by atoms with E-state index in [-0.39, 0.29) is 0 Å². The van der Waals surface area contributed by atoms with Gasteiger partial charge in [0.1, 0.15) is 0 Å². The monoisotopic (exact) mass is 478 g/mol. The minimum Gasteiger partial charge on any atom is -0.0616 e. The maximum atomic E-state index is 3.35. The highest BCUT2D eigenvalue weighted by Crippen LogP contribution is 2.25. The molecule has 0 fully saturated rings. The third kappa shape index (κ3) is 4.37. The molecule has 0 saturated carbocycles. The third-order valence-corrected chi connectivity index (χ3v) is 7.00. The summed E-state index contributed by atoms with van der Waals surface area (Å²) in [6, 6.07) is 46.9. The Hall–Kier alpha value is -5.30. The Morgan fingerprint density at radius 3 is 0.921 bits per heavy atom. The fourth-order valence-electron chi connectivity index (χ4n) is 4.98. The Morgan fingerprint density at radius 2 is 0.526 bits per heavy atom. The van der Waals surface area contributed by atoms with Crippen LogP contribution in [-0.2, 0) is 0 Å². The normalized spacial score (nSPS) is 10.7. The fourth-order valence-corrected chi connectivity index (χ4v) is 4.98. The van der Waals surface area contributed by atoms with Gasteiger partial charge >= 0.3 is 0 Å².